The second-order valence-corrected chi connectivity index (χ2v) is 11.0. The lowest BCUT2D eigenvalue weighted by molar-refractivity contribution is -0.121. The van der Waals surface area contributed by atoms with Crippen LogP contribution in [0.2, 0.25) is 0 Å². The average Bonchev–Trinajstić information content (AvgIpc) is 3.02. The summed E-state index contributed by atoms with van der Waals surface area (Å²) in [6.45, 7) is 5.89. The maximum Gasteiger partial charge on any atom is 0.235 e. The number of aryl methyl sites for hydroxylation is 2. The molecule has 1 saturated heterocycles. The van der Waals surface area contributed by atoms with Gasteiger partial charge in [-0.05, 0) is 86.2 Å². The summed E-state index contributed by atoms with van der Waals surface area (Å²) in [5.41, 5.74) is 6.74. The first-order valence-corrected chi connectivity index (χ1v) is 13.7. The molecule has 2 aromatic rings. The zero-order chi connectivity index (χ0) is 23.0. The number of benzene rings is 2. The highest BCUT2D eigenvalue weighted by Crippen LogP contribution is 2.49. The van der Waals surface area contributed by atoms with Gasteiger partial charge in [-0.2, -0.15) is 0 Å². The van der Waals surface area contributed by atoms with Crippen LogP contribution in [0.25, 0.3) is 0 Å². The highest BCUT2D eigenvalue weighted by molar-refractivity contribution is 6.07. The molecule has 1 amide bonds. The van der Waals surface area contributed by atoms with Crippen molar-refractivity contribution in [2.24, 2.45) is 0 Å². The van der Waals surface area contributed by atoms with E-state index in [1.54, 1.807) is 11.1 Å². The molecular weight excluding hydrogens is 418 g/mol. The summed E-state index contributed by atoms with van der Waals surface area (Å²) >= 11 is 0. The molecule has 6 rings (SSSR count). The third-order valence-electron chi connectivity index (χ3n) is 9.13. The van der Waals surface area contributed by atoms with Crippen molar-refractivity contribution in [2.75, 3.05) is 38.0 Å². The van der Waals surface area contributed by atoms with E-state index in [-0.39, 0.29) is 11.3 Å². The molecule has 2 unspecified atom stereocenters. The summed E-state index contributed by atoms with van der Waals surface area (Å²) in [6.07, 6.45) is 11.8. The van der Waals surface area contributed by atoms with E-state index in [9.17, 15) is 4.79 Å². The van der Waals surface area contributed by atoms with Gasteiger partial charge in [0.2, 0.25) is 5.91 Å². The molecular formula is C30H39N3O. The van der Waals surface area contributed by atoms with E-state index in [1.807, 2.05) is 0 Å². The predicted octanol–water partition coefficient (Wildman–Crippen LogP) is 5.47. The fourth-order valence-electron chi connectivity index (χ4n) is 7.35. The van der Waals surface area contributed by atoms with Crippen LogP contribution in [-0.4, -0.2) is 48.4 Å². The standard InChI is InChI=1S/C30H39N3O/c34-29-30(17-8-12-24-11-7-14-26(31-29)28(24)30)16-5-6-18-32-19-21-33(22-20-32)27-15-4-2-10-23-9-1-3-13-25(23)27/h1,3,7,9,11,13-14,27H,2,4-6,8,10,12,15-22H2,(H,31,34). The number of rotatable bonds is 6. The van der Waals surface area contributed by atoms with Gasteiger partial charge in [0.25, 0.3) is 0 Å². The Kier molecular flexibility index (Phi) is 6.21. The molecule has 1 fully saturated rings. The Hall–Kier alpha value is -2.17. The van der Waals surface area contributed by atoms with Crippen molar-refractivity contribution in [1.82, 2.24) is 9.80 Å². The van der Waals surface area contributed by atoms with Crippen LogP contribution in [0, 0.1) is 0 Å². The number of hydrogen-bond donors (Lipinski definition) is 1. The maximum atomic E-state index is 13.0. The average molecular weight is 458 g/mol. The van der Waals surface area contributed by atoms with Crippen LogP contribution in [-0.2, 0) is 23.1 Å². The lowest BCUT2D eigenvalue weighted by Crippen LogP contribution is -2.47. The van der Waals surface area contributed by atoms with Crippen molar-refractivity contribution in [1.29, 1.82) is 0 Å². The van der Waals surface area contributed by atoms with Gasteiger partial charge in [0.1, 0.15) is 0 Å². The number of nitrogens with zero attached hydrogens (tertiary/aromatic N) is 2. The van der Waals surface area contributed by atoms with E-state index in [2.05, 4.69) is 57.6 Å². The molecule has 2 aromatic carbocycles. The smallest absolute Gasteiger partial charge is 0.235 e. The summed E-state index contributed by atoms with van der Waals surface area (Å²) in [7, 11) is 0. The molecule has 4 aliphatic rings. The van der Waals surface area contributed by atoms with E-state index in [1.165, 1.54) is 76.0 Å². The van der Waals surface area contributed by atoms with Crippen molar-refractivity contribution in [3.05, 3.63) is 64.7 Å². The minimum absolute atomic E-state index is 0.254. The summed E-state index contributed by atoms with van der Waals surface area (Å²) in [5.74, 6) is 0.256. The Morgan fingerprint density at radius 3 is 2.62 bits per heavy atom. The number of unbranched alkanes of at least 4 members (excludes halogenated alkanes) is 1. The van der Waals surface area contributed by atoms with Crippen LogP contribution >= 0.6 is 0 Å². The Morgan fingerprint density at radius 2 is 1.71 bits per heavy atom. The van der Waals surface area contributed by atoms with Crippen LogP contribution in [0.1, 0.15) is 79.7 Å². The first-order chi connectivity index (χ1) is 16.7. The molecule has 1 N–H and O–H groups in total. The number of piperazine rings is 1. The lowest BCUT2D eigenvalue weighted by Gasteiger charge is -2.40. The number of carbonyl (C=O) groups excluding carboxylic acids is 1. The lowest BCUT2D eigenvalue weighted by atomic mass is 9.68. The Bertz CT molecular complexity index is 1040. The first kappa shape index (κ1) is 22.3. The molecule has 2 atom stereocenters. The number of amides is 1. The second kappa shape index (κ2) is 9.47. The van der Waals surface area contributed by atoms with E-state index >= 15 is 0 Å². The summed E-state index contributed by atoms with van der Waals surface area (Å²) in [6, 6.07) is 16.2. The third-order valence-corrected chi connectivity index (χ3v) is 9.13. The van der Waals surface area contributed by atoms with E-state index in [0.29, 0.717) is 6.04 Å². The summed E-state index contributed by atoms with van der Waals surface area (Å²) in [4.78, 5) is 18.4. The number of carbonyl (C=O) groups is 1. The van der Waals surface area contributed by atoms with Crippen molar-refractivity contribution in [2.45, 2.75) is 75.7 Å². The zero-order valence-electron chi connectivity index (χ0n) is 20.5. The van der Waals surface area contributed by atoms with Gasteiger partial charge in [0, 0.05) is 37.9 Å². The first-order valence-electron chi connectivity index (χ1n) is 13.7. The van der Waals surface area contributed by atoms with Crippen LogP contribution in [0.15, 0.2) is 42.5 Å². The van der Waals surface area contributed by atoms with Gasteiger partial charge in [0.15, 0.2) is 0 Å². The molecule has 2 heterocycles. The topological polar surface area (TPSA) is 35.6 Å². The van der Waals surface area contributed by atoms with Crippen LogP contribution < -0.4 is 5.32 Å². The van der Waals surface area contributed by atoms with Crippen LogP contribution in [0.3, 0.4) is 0 Å². The minimum Gasteiger partial charge on any atom is -0.325 e. The molecule has 4 nitrogen and oxygen atoms in total. The molecule has 180 valence electrons. The normalized spacial score (nSPS) is 27.1. The Labute approximate surface area is 204 Å². The molecule has 4 heteroatoms. The summed E-state index contributed by atoms with van der Waals surface area (Å²) in [5, 5.41) is 3.20. The van der Waals surface area contributed by atoms with Gasteiger partial charge in [-0.3, -0.25) is 9.69 Å². The molecule has 0 saturated carbocycles. The van der Waals surface area contributed by atoms with Gasteiger partial charge < -0.3 is 10.2 Å². The van der Waals surface area contributed by atoms with Gasteiger partial charge >= 0.3 is 0 Å². The van der Waals surface area contributed by atoms with Crippen LogP contribution in [0.4, 0.5) is 5.69 Å². The van der Waals surface area contributed by atoms with Gasteiger partial charge in [-0.1, -0.05) is 49.2 Å². The van der Waals surface area contributed by atoms with Crippen LogP contribution in [0.5, 0.6) is 0 Å². The number of hydrogen-bond acceptors (Lipinski definition) is 3. The monoisotopic (exact) mass is 457 g/mol. The van der Waals surface area contributed by atoms with E-state index in [0.717, 1.165) is 37.8 Å². The molecule has 0 aromatic heterocycles. The van der Waals surface area contributed by atoms with Crippen molar-refractivity contribution < 1.29 is 4.79 Å². The van der Waals surface area contributed by atoms with Crippen molar-refractivity contribution in [3.8, 4) is 0 Å². The molecule has 2 aliphatic carbocycles. The zero-order valence-corrected chi connectivity index (χ0v) is 20.5. The Morgan fingerprint density at radius 1 is 0.882 bits per heavy atom. The van der Waals surface area contributed by atoms with Crippen molar-refractivity contribution >= 4 is 11.6 Å². The van der Waals surface area contributed by atoms with Gasteiger partial charge in [0.05, 0.1) is 5.41 Å². The van der Waals surface area contributed by atoms with Gasteiger partial charge in [-0.25, -0.2) is 0 Å². The number of fused-ring (bicyclic) bond motifs is 1. The molecule has 0 radical (unpaired) electrons. The predicted molar refractivity (Wildman–Crippen MR) is 138 cm³/mol. The fraction of sp³-hybridized carbons (Fsp3) is 0.567. The SMILES string of the molecule is O=C1Nc2cccc3c2C1(CCCCN1CCN(C2CCCCc4ccccc42)CC1)CCC3. The second-order valence-electron chi connectivity index (χ2n) is 11.0. The molecule has 34 heavy (non-hydrogen) atoms. The fourth-order valence-corrected chi connectivity index (χ4v) is 7.35. The molecule has 2 aliphatic heterocycles. The molecule has 0 spiro atoms. The highest BCUT2D eigenvalue weighted by atomic mass is 16.2. The largest absolute Gasteiger partial charge is 0.325 e. The Balaban J connectivity index is 1.02. The summed E-state index contributed by atoms with van der Waals surface area (Å²) < 4.78 is 0. The van der Waals surface area contributed by atoms with Crippen molar-refractivity contribution in [3.63, 3.8) is 0 Å². The third kappa shape index (κ3) is 3.99. The van der Waals surface area contributed by atoms with E-state index in [4.69, 9.17) is 0 Å². The number of nitrogens with one attached hydrogen (secondary N) is 1. The minimum atomic E-state index is -0.254. The van der Waals surface area contributed by atoms with E-state index < -0.39 is 0 Å². The quantitative estimate of drug-likeness (QED) is 0.462. The van der Waals surface area contributed by atoms with Gasteiger partial charge in [-0.15, -0.1) is 0 Å². The highest BCUT2D eigenvalue weighted by Gasteiger charge is 2.48. The number of anilines is 1. The molecule has 0 bridgehead atoms. The maximum absolute atomic E-state index is 13.0.